The first-order valence-electron chi connectivity index (χ1n) is 4.33. The van der Waals surface area contributed by atoms with Crippen molar-refractivity contribution in [1.82, 2.24) is 0 Å². The van der Waals surface area contributed by atoms with Crippen LogP contribution in [0, 0.1) is 17.3 Å². The van der Waals surface area contributed by atoms with Crippen molar-refractivity contribution < 1.29 is 9.90 Å². The van der Waals surface area contributed by atoms with E-state index in [1.165, 1.54) is 0 Å². The molecule has 0 amide bonds. The summed E-state index contributed by atoms with van der Waals surface area (Å²) in [4.78, 5) is 11.4. The Morgan fingerprint density at radius 1 is 1.58 bits per heavy atom. The summed E-state index contributed by atoms with van der Waals surface area (Å²) in [5.41, 5.74) is -0.400. The second-order valence-corrected chi connectivity index (χ2v) is 4.09. The number of rotatable bonds is 1. The van der Waals surface area contributed by atoms with E-state index in [0.29, 0.717) is 5.92 Å². The molecule has 0 aromatic heterocycles. The Hall–Kier alpha value is -0.630. The van der Waals surface area contributed by atoms with Gasteiger partial charge in [0, 0.05) is 17.9 Å². The van der Waals surface area contributed by atoms with Crippen LogP contribution in [0.1, 0.15) is 20.8 Å². The SMILES string of the molecule is CC1C=CC(=O)C(C)(C)C1CO. The van der Waals surface area contributed by atoms with Crippen LogP contribution in [0.15, 0.2) is 12.2 Å². The first-order chi connectivity index (χ1) is 5.50. The maximum atomic E-state index is 11.4. The van der Waals surface area contributed by atoms with E-state index in [9.17, 15) is 4.79 Å². The van der Waals surface area contributed by atoms with Crippen molar-refractivity contribution in [2.24, 2.45) is 17.3 Å². The molecule has 1 aliphatic rings. The Labute approximate surface area is 73.3 Å². The fraction of sp³-hybridized carbons (Fsp3) is 0.700. The number of hydrogen-bond acceptors (Lipinski definition) is 2. The molecule has 12 heavy (non-hydrogen) atoms. The number of aliphatic hydroxyl groups excluding tert-OH is 1. The van der Waals surface area contributed by atoms with Gasteiger partial charge in [-0.05, 0) is 12.0 Å². The van der Waals surface area contributed by atoms with Crippen molar-refractivity contribution in [3.05, 3.63) is 12.2 Å². The van der Waals surface area contributed by atoms with Gasteiger partial charge in [-0.2, -0.15) is 0 Å². The lowest BCUT2D eigenvalue weighted by molar-refractivity contribution is -0.127. The molecule has 1 rings (SSSR count). The summed E-state index contributed by atoms with van der Waals surface area (Å²) in [7, 11) is 0. The number of hydrogen-bond donors (Lipinski definition) is 1. The highest BCUT2D eigenvalue weighted by Gasteiger charge is 2.39. The van der Waals surface area contributed by atoms with E-state index in [0.717, 1.165) is 0 Å². The molecule has 0 fully saturated rings. The predicted molar refractivity (Wildman–Crippen MR) is 47.7 cm³/mol. The Morgan fingerprint density at radius 3 is 2.58 bits per heavy atom. The quantitative estimate of drug-likeness (QED) is 0.642. The fourth-order valence-electron chi connectivity index (χ4n) is 1.82. The van der Waals surface area contributed by atoms with E-state index >= 15 is 0 Å². The third-order valence-electron chi connectivity index (χ3n) is 2.94. The molecule has 2 atom stereocenters. The highest BCUT2D eigenvalue weighted by atomic mass is 16.3. The molecule has 1 N–H and O–H groups in total. The van der Waals surface area contributed by atoms with Crippen LogP contribution in [0.5, 0.6) is 0 Å². The molecule has 0 saturated carbocycles. The summed E-state index contributed by atoms with van der Waals surface area (Å²) < 4.78 is 0. The monoisotopic (exact) mass is 168 g/mol. The molecule has 1 aliphatic carbocycles. The van der Waals surface area contributed by atoms with Gasteiger partial charge in [0.1, 0.15) is 0 Å². The lowest BCUT2D eigenvalue weighted by Gasteiger charge is -2.37. The summed E-state index contributed by atoms with van der Waals surface area (Å²) in [5.74, 6) is 0.484. The van der Waals surface area contributed by atoms with E-state index in [1.54, 1.807) is 6.08 Å². The van der Waals surface area contributed by atoms with Crippen LogP contribution < -0.4 is 0 Å². The summed E-state index contributed by atoms with van der Waals surface area (Å²) in [6.45, 7) is 5.92. The Kier molecular flexibility index (Phi) is 2.38. The number of carbonyl (C=O) groups is 1. The zero-order chi connectivity index (χ0) is 9.35. The molecule has 0 spiro atoms. The van der Waals surface area contributed by atoms with Gasteiger partial charge in [-0.3, -0.25) is 4.79 Å². The molecular weight excluding hydrogens is 152 g/mol. The van der Waals surface area contributed by atoms with Gasteiger partial charge in [-0.15, -0.1) is 0 Å². The molecule has 0 saturated heterocycles. The highest BCUT2D eigenvalue weighted by Crippen LogP contribution is 2.37. The molecule has 0 radical (unpaired) electrons. The van der Waals surface area contributed by atoms with Crippen LogP contribution in [0.2, 0.25) is 0 Å². The van der Waals surface area contributed by atoms with Gasteiger partial charge >= 0.3 is 0 Å². The first-order valence-corrected chi connectivity index (χ1v) is 4.33. The number of allylic oxidation sites excluding steroid dienone is 2. The largest absolute Gasteiger partial charge is 0.396 e. The standard InChI is InChI=1S/C10H16O2/c1-7-4-5-9(12)10(2,3)8(7)6-11/h4-5,7-8,11H,6H2,1-3H3. The van der Waals surface area contributed by atoms with Crippen LogP contribution in [-0.4, -0.2) is 17.5 Å². The highest BCUT2D eigenvalue weighted by molar-refractivity contribution is 5.95. The van der Waals surface area contributed by atoms with Gasteiger partial charge in [-0.1, -0.05) is 26.8 Å². The topological polar surface area (TPSA) is 37.3 Å². The minimum Gasteiger partial charge on any atom is -0.396 e. The molecular formula is C10H16O2. The van der Waals surface area contributed by atoms with Gasteiger partial charge in [0.2, 0.25) is 0 Å². The lowest BCUT2D eigenvalue weighted by atomic mass is 9.67. The minimum absolute atomic E-state index is 0.0648. The molecule has 0 bridgehead atoms. The minimum atomic E-state index is -0.400. The van der Waals surface area contributed by atoms with Crippen LogP contribution in [0.4, 0.5) is 0 Å². The number of ketones is 1. The Balaban J connectivity index is 2.97. The van der Waals surface area contributed by atoms with Crippen LogP contribution >= 0.6 is 0 Å². The lowest BCUT2D eigenvalue weighted by Crippen LogP contribution is -2.40. The van der Waals surface area contributed by atoms with Crippen molar-refractivity contribution in [3.63, 3.8) is 0 Å². The molecule has 2 nitrogen and oxygen atoms in total. The van der Waals surface area contributed by atoms with Gasteiger partial charge in [-0.25, -0.2) is 0 Å². The molecule has 0 heterocycles. The van der Waals surface area contributed by atoms with Crippen molar-refractivity contribution >= 4 is 5.78 Å². The summed E-state index contributed by atoms with van der Waals surface area (Å²) in [6, 6.07) is 0. The van der Waals surface area contributed by atoms with Gasteiger partial charge in [0.15, 0.2) is 5.78 Å². The van der Waals surface area contributed by atoms with Crippen LogP contribution in [-0.2, 0) is 4.79 Å². The van der Waals surface area contributed by atoms with E-state index in [4.69, 9.17) is 5.11 Å². The van der Waals surface area contributed by atoms with E-state index in [2.05, 4.69) is 0 Å². The molecule has 0 aromatic carbocycles. The van der Waals surface area contributed by atoms with Crippen molar-refractivity contribution in [2.75, 3.05) is 6.61 Å². The van der Waals surface area contributed by atoms with Crippen molar-refractivity contribution in [1.29, 1.82) is 0 Å². The van der Waals surface area contributed by atoms with Crippen LogP contribution in [0.25, 0.3) is 0 Å². The third kappa shape index (κ3) is 1.31. The average molecular weight is 168 g/mol. The molecule has 0 aromatic rings. The van der Waals surface area contributed by atoms with Gasteiger partial charge < -0.3 is 5.11 Å². The Bertz CT molecular complexity index is 216. The van der Waals surface area contributed by atoms with Crippen molar-refractivity contribution in [3.8, 4) is 0 Å². The smallest absolute Gasteiger partial charge is 0.161 e. The average Bonchev–Trinajstić information content (AvgIpc) is 1.98. The molecule has 0 aliphatic heterocycles. The van der Waals surface area contributed by atoms with Crippen molar-refractivity contribution in [2.45, 2.75) is 20.8 Å². The van der Waals surface area contributed by atoms with E-state index in [-0.39, 0.29) is 18.3 Å². The summed E-state index contributed by atoms with van der Waals surface area (Å²) in [5, 5.41) is 9.13. The fourth-order valence-corrected chi connectivity index (χ4v) is 1.82. The zero-order valence-corrected chi connectivity index (χ0v) is 7.87. The maximum Gasteiger partial charge on any atom is 0.161 e. The second kappa shape index (κ2) is 3.02. The molecule has 2 unspecified atom stereocenters. The number of aliphatic hydroxyl groups is 1. The third-order valence-corrected chi connectivity index (χ3v) is 2.94. The Morgan fingerprint density at radius 2 is 2.17 bits per heavy atom. The maximum absolute atomic E-state index is 11.4. The van der Waals surface area contributed by atoms with Gasteiger partial charge in [0.25, 0.3) is 0 Å². The zero-order valence-electron chi connectivity index (χ0n) is 7.87. The van der Waals surface area contributed by atoms with E-state index < -0.39 is 5.41 Å². The second-order valence-electron chi connectivity index (χ2n) is 4.09. The van der Waals surface area contributed by atoms with E-state index in [1.807, 2.05) is 26.8 Å². The van der Waals surface area contributed by atoms with Gasteiger partial charge in [0.05, 0.1) is 0 Å². The first kappa shape index (κ1) is 9.46. The molecule has 2 heteroatoms. The summed E-state index contributed by atoms with van der Waals surface area (Å²) >= 11 is 0. The summed E-state index contributed by atoms with van der Waals surface area (Å²) in [6.07, 6.45) is 3.52. The predicted octanol–water partition coefficient (Wildman–Crippen LogP) is 1.40. The number of carbonyl (C=O) groups excluding carboxylic acids is 1. The van der Waals surface area contributed by atoms with Crippen LogP contribution in [0.3, 0.4) is 0 Å². The normalized spacial score (nSPS) is 33.8. The molecule has 68 valence electrons.